The van der Waals surface area contributed by atoms with Crippen LogP contribution in [0.5, 0.6) is 0 Å². The fourth-order valence-corrected chi connectivity index (χ4v) is 2.21. The molecule has 0 bridgehead atoms. The molecule has 0 amide bonds. The Balaban J connectivity index is 2.11. The highest BCUT2D eigenvalue weighted by Gasteiger charge is 2.23. The first-order valence-electron chi connectivity index (χ1n) is 6.64. The topological polar surface area (TPSA) is 84.7 Å². The van der Waals surface area contributed by atoms with Gasteiger partial charge >= 0.3 is 5.97 Å². The second kappa shape index (κ2) is 6.15. The van der Waals surface area contributed by atoms with Crippen LogP contribution in [0.3, 0.4) is 0 Å². The molecule has 0 aliphatic carbocycles. The average Bonchev–Trinajstić information content (AvgIpc) is 2.41. The number of aromatic carboxylic acids is 1. The van der Waals surface area contributed by atoms with Gasteiger partial charge in [-0.05, 0) is 19.9 Å². The number of hydrogen-bond donors (Lipinski definition) is 1. The highest BCUT2D eigenvalue weighted by atomic mass is 16.5. The molecule has 0 radical (unpaired) electrons. The van der Waals surface area contributed by atoms with Crippen molar-refractivity contribution in [3.05, 3.63) is 28.2 Å². The SMILES string of the molecule is CC(C)N1CCOC(Cn2nc(C(=O)O)ccc2=O)C1. The third-order valence-electron chi connectivity index (χ3n) is 3.36. The van der Waals surface area contributed by atoms with Crippen molar-refractivity contribution in [3.63, 3.8) is 0 Å². The average molecular weight is 281 g/mol. The van der Waals surface area contributed by atoms with E-state index in [9.17, 15) is 9.59 Å². The molecule has 2 heterocycles. The number of morpholine rings is 1. The Morgan fingerprint density at radius 1 is 1.55 bits per heavy atom. The van der Waals surface area contributed by atoms with E-state index in [1.54, 1.807) is 0 Å². The highest BCUT2D eigenvalue weighted by Crippen LogP contribution is 2.09. The zero-order chi connectivity index (χ0) is 14.7. The second-order valence-corrected chi connectivity index (χ2v) is 5.13. The van der Waals surface area contributed by atoms with Crippen molar-refractivity contribution in [2.75, 3.05) is 19.7 Å². The lowest BCUT2D eigenvalue weighted by molar-refractivity contribution is -0.0476. The van der Waals surface area contributed by atoms with Crippen LogP contribution >= 0.6 is 0 Å². The largest absolute Gasteiger partial charge is 0.476 e. The van der Waals surface area contributed by atoms with Gasteiger partial charge in [0.05, 0.1) is 19.3 Å². The van der Waals surface area contributed by atoms with Crippen LogP contribution in [-0.4, -0.2) is 57.6 Å². The van der Waals surface area contributed by atoms with E-state index in [4.69, 9.17) is 9.84 Å². The summed E-state index contributed by atoms with van der Waals surface area (Å²) >= 11 is 0. The smallest absolute Gasteiger partial charge is 0.356 e. The number of carboxylic acid groups (broad SMARTS) is 1. The molecule has 1 aromatic heterocycles. The molecular formula is C13H19N3O4. The summed E-state index contributed by atoms with van der Waals surface area (Å²) in [6.45, 7) is 6.67. The predicted octanol–water partition coefficient (Wildman–Crippen LogP) is 0.0507. The standard InChI is InChI=1S/C13H19N3O4/c1-9(2)15-5-6-20-10(7-15)8-16-12(17)4-3-11(14-16)13(18)19/h3-4,9-10H,5-8H2,1-2H3,(H,18,19). The third kappa shape index (κ3) is 3.43. The molecule has 1 atom stereocenters. The molecule has 0 spiro atoms. The van der Waals surface area contributed by atoms with Crippen LogP contribution in [0.2, 0.25) is 0 Å². The normalized spacial score (nSPS) is 20.2. The molecule has 1 N–H and O–H groups in total. The Morgan fingerprint density at radius 3 is 2.95 bits per heavy atom. The summed E-state index contributed by atoms with van der Waals surface area (Å²) in [5.74, 6) is -1.15. The lowest BCUT2D eigenvalue weighted by Crippen LogP contribution is -2.48. The van der Waals surface area contributed by atoms with Gasteiger partial charge in [-0.1, -0.05) is 0 Å². The van der Waals surface area contributed by atoms with Crippen molar-refractivity contribution >= 4 is 5.97 Å². The van der Waals surface area contributed by atoms with E-state index in [0.29, 0.717) is 19.2 Å². The molecule has 0 aromatic carbocycles. The van der Waals surface area contributed by atoms with E-state index in [0.717, 1.165) is 11.2 Å². The summed E-state index contributed by atoms with van der Waals surface area (Å²) in [6, 6.07) is 2.85. The van der Waals surface area contributed by atoms with Gasteiger partial charge < -0.3 is 9.84 Å². The van der Waals surface area contributed by atoms with E-state index < -0.39 is 5.97 Å². The molecule has 1 fully saturated rings. The molecule has 1 saturated heterocycles. The Morgan fingerprint density at radius 2 is 2.30 bits per heavy atom. The van der Waals surface area contributed by atoms with E-state index >= 15 is 0 Å². The van der Waals surface area contributed by atoms with Crippen LogP contribution in [0.4, 0.5) is 0 Å². The van der Waals surface area contributed by atoms with Crippen molar-refractivity contribution < 1.29 is 14.6 Å². The number of aromatic nitrogens is 2. The van der Waals surface area contributed by atoms with Gasteiger partial charge in [-0.25, -0.2) is 9.48 Å². The summed E-state index contributed by atoms with van der Waals surface area (Å²) < 4.78 is 6.79. The Kier molecular flexibility index (Phi) is 4.51. The first kappa shape index (κ1) is 14.7. The molecule has 2 rings (SSSR count). The molecule has 1 aliphatic rings. The maximum Gasteiger partial charge on any atom is 0.356 e. The van der Waals surface area contributed by atoms with Gasteiger partial charge in [0.25, 0.3) is 5.56 Å². The monoisotopic (exact) mass is 281 g/mol. The van der Waals surface area contributed by atoms with Crippen LogP contribution in [-0.2, 0) is 11.3 Å². The van der Waals surface area contributed by atoms with Gasteiger partial charge in [-0.2, -0.15) is 5.10 Å². The second-order valence-electron chi connectivity index (χ2n) is 5.13. The van der Waals surface area contributed by atoms with Crippen molar-refractivity contribution in [2.24, 2.45) is 0 Å². The minimum Gasteiger partial charge on any atom is -0.476 e. The molecule has 20 heavy (non-hydrogen) atoms. The lowest BCUT2D eigenvalue weighted by atomic mass is 10.2. The molecule has 7 heteroatoms. The fourth-order valence-electron chi connectivity index (χ4n) is 2.21. The number of carbonyl (C=O) groups is 1. The van der Waals surface area contributed by atoms with E-state index in [1.165, 1.54) is 12.1 Å². The number of carboxylic acids is 1. The number of hydrogen-bond acceptors (Lipinski definition) is 5. The quantitative estimate of drug-likeness (QED) is 0.839. The van der Waals surface area contributed by atoms with E-state index in [1.807, 2.05) is 0 Å². The van der Waals surface area contributed by atoms with Crippen LogP contribution in [0.15, 0.2) is 16.9 Å². The Hall–Kier alpha value is -1.73. The van der Waals surface area contributed by atoms with Gasteiger partial charge in [0.2, 0.25) is 0 Å². The third-order valence-corrected chi connectivity index (χ3v) is 3.36. The number of rotatable bonds is 4. The van der Waals surface area contributed by atoms with Gasteiger partial charge in [-0.15, -0.1) is 0 Å². The molecule has 1 unspecified atom stereocenters. The Bertz CT molecular complexity index is 541. The van der Waals surface area contributed by atoms with Crippen molar-refractivity contribution in [1.82, 2.24) is 14.7 Å². The van der Waals surface area contributed by atoms with Crippen molar-refractivity contribution in [1.29, 1.82) is 0 Å². The van der Waals surface area contributed by atoms with E-state index in [-0.39, 0.29) is 23.9 Å². The van der Waals surface area contributed by atoms with Gasteiger partial charge in [0.1, 0.15) is 0 Å². The summed E-state index contributed by atoms with van der Waals surface area (Å²) in [6.07, 6.45) is -0.152. The summed E-state index contributed by atoms with van der Waals surface area (Å²) in [4.78, 5) is 24.9. The minimum absolute atomic E-state index is 0.138. The first-order chi connectivity index (χ1) is 9.47. The minimum atomic E-state index is -1.15. The van der Waals surface area contributed by atoms with Gasteiger partial charge in [0.15, 0.2) is 5.69 Å². The Labute approximate surface area is 116 Å². The first-order valence-corrected chi connectivity index (χ1v) is 6.64. The maximum absolute atomic E-state index is 11.7. The van der Waals surface area contributed by atoms with Crippen LogP contribution in [0.25, 0.3) is 0 Å². The fraction of sp³-hybridized carbons (Fsp3) is 0.615. The molecule has 1 aromatic rings. The van der Waals surface area contributed by atoms with Crippen LogP contribution < -0.4 is 5.56 Å². The zero-order valence-electron chi connectivity index (χ0n) is 11.7. The molecule has 0 saturated carbocycles. The van der Waals surface area contributed by atoms with Crippen molar-refractivity contribution in [2.45, 2.75) is 32.5 Å². The molecule has 7 nitrogen and oxygen atoms in total. The van der Waals surface area contributed by atoms with Gasteiger partial charge in [-0.3, -0.25) is 9.69 Å². The zero-order valence-corrected chi connectivity index (χ0v) is 11.7. The molecule has 110 valence electrons. The highest BCUT2D eigenvalue weighted by molar-refractivity contribution is 5.84. The summed E-state index contributed by atoms with van der Waals surface area (Å²) in [5.41, 5.74) is -0.457. The number of nitrogens with zero attached hydrogens (tertiary/aromatic N) is 3. The predicted molar refractivity (Wildman–Crippen MR) is 71.9 cm³/mol. The molecule has 1 aliphatic heterocycles. The summed E-state index contributed by atoms with van der Waals surface area (Å²) in [7, 11) is 0. The van der Waals surface area contributed by atoms with E-state index in [2.05, 4.69) is 23.8 Å². The maximum atomic E-state index is 11.7. The lowest BCUT2D eigenvalue weighted by Gasteiger charge is -2.35. The van der Waals surface area contributed by atoms with Crippen LogP contribution in [0, 0.1) is 0 Å². The van der Waals surface area contributed by atoms with Gasteiger partial charge in [0, 0.05) is 25.2 Å². The number of ether oxygens (including phenoxy) is 1. The van der Waals surface area contributed by atoms with Crippen LogP contribution in [0.1, 0.15) is 24.3 Å². The summed E-state index contributed by atoms with van der Waals surface area (Å²) in [5, 5.41) is 12.7. The van der Waals surface area contributed by atoms with Crippen molar-refractivity contribution in [3.8, 4) is 0 Å². The molecular weight excluding hydrogens is 262 g/mol.